The number of nitrogens with zero attached hydrogens (tertiary/aromatic N) is 1. The zero-order valence-electron chi connectivity index (χ0n) is 15.9. The number of rotatable bonds is 4. The highest BCUT2D eigenvalue weighted by Gasteiger charge is 2.31. The minimum Gasteiger partial charge on any atom is -0.508 e. The maximum atomic E-state index is 9.81. The average molecular weight is 563 g/mol. The Kier molecular flexibility index (Phi) is 6.15. The van der Waals surface area contributed by atoms with Crippen molar-refractivity contribution in [2.45, 2.75) is 12.5 Å². The van der Waals surface area contributed by atoms with Gasteiger partial charge in [-0.3, -0.25) is 0 Å². The lowest BCUT2D eigenvalue weighted by molar-refractivity contribution is 0.302. The second kappa shape index (κ2) is 8.83. The second-order valence-electron chi connectivity index (χ2n) is 6.84. The first-order valence-electron chi connectivity index (χ1n) is 9.14. The van der Waals surface area contributed by atoms with Crippen LogP contribution in [-0.4, -0.2) is 5.11 Å². The summed E-state index contributed by atoms with van der Waals surface area (Å²) in [4.78, 5) is 0. The van der Waals surface area contributed by atoms with Crippen molar-refractivity contribution < 1.29 is 14.6 Å². The van der Waals surface area contributed by atoms with Crippen LogP contribution in [0.25, 0.3) is 0 Å². The summed E-state index contributed by atoms with van der Waals surface area (Å²) in [6.45, 7) is 0.298. The molecule has 0 bridgehead atoms. The first kappa shape index (κ1) is 21.6. The number of allylic oxidation sites excluding steroid dienone is 1. The monoisotopic (exact) mass is 560 g/mol. The number of benzene rings is 3. The molecular weight excluding hydrogens is 548 g/mol. The summed E-state index contributed by atoms with van der Waals surface area (Å²) < 4.78 is 13.0. The van der Waals surface area contributed by atoms with Gasteiger partial charge in [0.2, 0.25) is 5.88 Å². The largest absolute Gasteiger partial charge is 0.508 e. The lowest BCUT2D eigenvalue weighted by Gasteiger charge is -2.27. The number of fused-ring (bicyclic) bond motifs is 1. The van der Waals surface area contributed by atoms with Gasteiger partial charge in [0.1, 0.15) is 35.5 Å². The van der Waals surface area contributed by atoms with Gasteiger partial charge in [-0.1, -0.05) is 35.9 Å². The standard InChI is InChI=1S/C23H15Br2ClN2O3/c24-17-7-13(8-18(25)22(17)30-11-12-3-1-2-4-19(12)26)21-15-6-5-14(29)9-20(15)31-23(28)16(21)10-27/h1-9,21,29H,11,28H2/t21-/m0/s1. The summed E-state index contributed by atoms with van der Waals surface area (Å²) in [5, 5.41) is 20.2. The molecule has 0 unspecified atom stereocenters. The second-order valence-corrected chi connectivity index (χ2v) is 8.96. The van der Waals surface area contributed by atoms with Gasteiger partial charge in [0.05, 0.1) is 14.9 Å². The molecular formula is C23H15Br2ClN2O3. The molecule has 0 aliphatic carbocycles. The zero-order valence-corrected chi connectivity index (χ0v) is 19.8. The first-order chi connectivity index (χ1) is 14.9. The van der Waals surface area contributed by atoms with E-state index in [-0.39, 0.29) is 11.6 Å². The van der Waals surface area contributed by atoms with Gasteiger partial charge in [0.15, 0.2) is 0 Å². The Hall–Kier alpha value is -2.66. The van der Waals surface area contributed by atoms with Gasteiger partial charge in [-0.15, -0.1) is 0 Å². The maximum Gasteiger partial charge on any atom is 0.205 e. The number of nitriles is 1. The van der Waals surface area contributed by atoms with Gasteiger partial charge in [-0.2, -0.15) is 5.26 Å². The molecule has 0 aromatic heterocycles. The summed E-state index contributed by atoms with van der Waals surface area (Å²) in [6.07, 6.45) is 0. The molecule has 0 fully saturated rings. The molecule has 8 heteroatoms. The molecule has 3 N–H and O–H groups in total. The molecule has 3 aromatic carbocycles. The van der Waals surface area contributed by atoms with Crippen LogP contribution in [0, 0.1) is 11.3 Å². The van der Waals surface area contributed by atoms with Crippen LogP contribution in [0.2, 0.25) is 5.02 Å². The van der Waals surface area contributed by atoms with Gasteiger partial charge in [0, 0.05) is 22.2 Å². The van der Waals surface area contributed by atoms with Crippen LogP contribution in [0.1, 0.15) is 22.6 Å². The van der Waals surface area contributed by atoms with E-state index in [2.05, 4.69) is 37.9 Å². The predicted molar refractivity (Wildman–Crippen MR) is 125 cm³/mol. The van der Waals surface area contributed by atoms with E-state index in [1.165, 1.54) is 6.07 Å². The summed E-state index contributed by atoms with van der Waals surface area (Å²) in [6, 6.07) is 18.2. The Bertz CT molecular complexity index is 1230. The van der Waals surface area contributed by atoms with Crippen molar-refractivity contribution in [3.8, 4) is 23.3 Å². The van der Waals surface area contributed by atoms with E-state index in [0.717, 1.165) is 16.7 Å². The van der Waals surface area contributed by atoms with Crippen molar-refractivity contribution in [3.05, 3.63) is 96.7 Å². The third-order valence-electron chi connectivity index (χ3n) is 4.89. The Morgan fingerprint density at radius 1 is 1.13 bits per heavy atom. The predicted octanol–water partition coefficient (Wildman–Crippen LogP) is 6.37. The molecule has 5 nitrogen and oxygen atoms in total. The molecule has 156 valence electrons. The van der Waals surface area contributed by atoms with Gasteiger partial charge in [-0.05, 0) is 61.7 Å². The van der Waals surface area contributed by atoms with E-state index in [9.17, 15) is 10.4 Å². The van der Waals surface area contributed by atoms with Crippen LogP contribution in [0.3, 0.4) is 0 Å². The van der Waals surface area contributed by atoms with Gasteiger partial charge in [0.25, 0.3) is 0 Å². The molecule has 0 spiro atoms. The van der Waals surface area contributed by atoms with E-state index in [1.54, 1.807) is 12.1 Å². The van der Waals surface area contributed by atoms with Crippen molar-refractivity contribution >= 4 is 43.5 Å². The Morgan fingerprint density at radius 3 is 2.52 bits per heavy atom. The Morgan fingerprint density at radius 2 is 1.84 bits per heavy atom. The zero-order chi connectivity index (χ0) is 22.1. The highest BCUT2D eigenvalue weighted by Crippen LogP contribution is 2.46. The van der Waals surface area contributed by atoms with Crippen molar-refractivity contribution in [1.82, 2.24) is 0 Å². The summed E-state index contributed by atoms with van der Waals surface area (Å²) in [7, 11) is 0. The fraction of sp³-hybridized carbons (Fsp3) is 0.0870. The summed E-state index contributed by atoms with van der Waals surface area (Å²) in [5.74, 6) is 0.623. The highest BCUT2D eigenvalue weighted by molar-refractivity contribution is 9.11. The third-order valence-corrected chi connectivity index (χ3v) is 6.43. The maximum absolute atomic E-state index is 9.81. The molecule has 0 radical (unpaired) electrons. The molecule has 1 heterocycles. The number of halogens is 3. The van der Waals surface area contributed by atoms with Crippen LogP contribution in [0.5, 0.6) is 17.2 Å². The third kappa shape index (κ3) is 4.24. The minimum atomic E-state index is -0.459. The van der Waals surface area contributed by atoms with Crippen molar-refractivity contribution in [2.75, 3.05) is 0 Å². The van der Waals surface area contributed by atoms with Gasteiger partial charge < -0.3 is 20.3 Å². The lowest BCUT2D eigenvalue weighted by Crippen LogP contribution is -2.21. The van der Waals surface area contributed by atoms with Crippen LogP contribution < -0.4 is 15.2 Å². The first-order valence-corrected chi connectivity index (χ1v) is 11.1. The molecule has 1 atom stereocenters. The number of hydrogen-bond acceptors (Lipinski definition) is 5. The fourth-order valence-corrected chi connectivity index (χ4v) is 5.08. The summed E-state index contributed by atoms with van der Waals surface area (Å²) in [5.41, 5.74) is 8.70. The molecule has 4 rings (SSSR count). The van der Waals surface area contributed by atoms with E-state index in [1.807, 2.05) is 36.4 Å². The SMILES string of the molecule is N#CC1=C(N)Oc2cc(O)ccc2[C@@H]1c1cc(Br)c(OCc2ccccc2Cl)c(Br)c1. The normalized spacial score (nSPS) is 15.1. The Balaban J connectivity index is 1.72. The molecule has 1 aliphatic heterocycles. The van der Waals surface area contributed by atoms with Crippen molar-refractivity contribution in [1.29, 1.82) is 5.26 Å². The highest BCUT2D eigenvalue weighted by atomic mass is 79.9. The molecule has 31 heavy (non-hydrogen) atoms. The van der Waals surface area contributed by atoms with E-state index < -0.39 is 5.92 Å². The average Bonchev–Trinajstić information content (AvgIpc) is 2.73. The van der Waals surface area contributed by atoms with Gasteiger partial charge >= 0.3 is 0 Å². The van der Waals surface area contributed by atoms with E-state index in [4.69, 9.17) is 26.8 Å². The molecule has 0 saturated heterocycles. The van der Waals surface area contributed by atoms with Crippen LogP contribution >= 0.6 is 43.5 Å². The van der Waals surface area contributed by atoms with E-state index >= 15 is 0 Å². The summed E-state index contributed by atoms with van der Waals surface area (Å²) >= 11 is 13.4. The topological polar surface area (TPSA) is 88.5 Å². The van der Waals surface area contributed by atoms with Crippen LogP contribution in [0.15, 0.2) is 75.0 Å². The van der Waals surface area contributed by atoms with Crippen LogP contribution in [-0.2, 0) is 6.61 Å². The molecule has 0 amide bonds. The molecule has 1 aliphatic rings. The fourth-order valence-electron chi connectivity index (χ4n) is 3.44. The quantitative estimate of drug-likeness (QED) is 0.386. The van der Waals surface area contributed by atoms with Crippen molar-refractivity contribution in [3.63, 3.8) is 0 Å². The minimum absolute atomic E-state index is 0.0110. The number of phenolic OH excluding ortho intramolecular Hbond substituents is 1. The number of hydrogen-bond donors (Lipinski definition) is 2. The number of nitrogens with two attached hydrogens (primary N) is 1. The number of aromatic hydroxyl groups is 1. The van der Waals surface area contributed by atoms with Gasteiger partial charge in [-0.25, -0.2) is 0 Å². The lowest BCUT2D eigenvalue weighted by atomic mass is 9.83. The van der Waals surface area contributed by atoms with Crippen molar-refractivity contribution in [2.24, 2.45) is 5.73 Å². The number of phenols is 1. The molecule has 3 aromatic rings. The smallest absolute Gasteiger partial charge is 0.205 e. The molecule has 0 saturated carbocycles. The Labute approximate surface area is 200 Å². The van der Waals surface area contributed by atoms with Crippen LogP contribution in [0.4, 0.5) is 0 Å². The van der Waals surface area contributed by atoms with E-state index in [0.29, 0.717) is 37.6 Å². The number of ether oxygens (including phenoxy) is 2.